The van der Waals surface area contributed by atoms with Gasteiger partial charge in [-0.05, 0) is 44.9 Å². The number of amides is 2. The molecule has 0 unspecified atom stereocenters. The van der Waals surface area contributed by atoms with Crippen molar-refractivity contribution >= 4 is 23.4 Å². The lowest BCUT2D eigenvalue weighted by atomic mass is 10.2. The number of aliphatic hydroxyl groups is 1. The maximum Gasteiger partial charge on any atom is 0.414 e. The number of piperazine rings is 1. The standard InChI is InChI=1S/C17H22FN3O4.C6H14O.C5H12.2C2H6/c1-2-13-10-21(17(24)25-13)12-3-4-15(14(18)9-12)19-5-7-20(8-6-19)16(23)11-22;1-4-6(3)7-5-2;1-3-5-4-2;2*1-2/h3-4,9,13,22H,2,5-8,10-11H2,1H3;6H,4-5H2,1-3H3;3-5H2,1-2H3;2*1-2H3/t13-;6-;;;/m01.../s1. The molecule has 1 aromatic rings. The van der Waals surface area contributed by atoms with Crippen LogP contribution in [-0.2, 0) is 14.3 Å². The molecule has 1 aromatic carbocycles. The average molecular weight is 586 g/mol. The summed E-state index contributed by atoms with van der Waals surface area (Å²) in [4.78, 5) is 28.2. The minimum atomic E-state index is -0.506. The van der Waals surface area contributed by atoms with Gasteiger partial charge in [-0.2, -0.15) is 0 Å². The van der Waals surface area contributed by atoms with Crippen molar-refractivity contribution in [3.05, 3.63) is 24.0 Å². The number of hydrogen-bond acceptors (Lipinski definition) is 6. The summed E-state index contributed by atoms with van der Waals surface area (Å²) >= 11 is 0. The Morgan fingerprint density at radius 1 is 1.05 bits per heavy atom. The van der Waals surface area contributed by atoms with Crippen LogP contribution in [0.4, 0.5) is 20.6 Å². The molecule has 0 aliphatic carbocycles. The van der Waals surface area contributed by atoms with Crippen LogP contribution in [0.1, 0.15) is 101 Å². The van der Waals surface area contributed by atoms with Gasteiger partial charge in [-0.1, -0.05) is 74.7 Å². The normalized spacial score (nSPS) is 16.4. The second-order valence-corrected chi connectivity index (χ2v) is 9.21. The van der Waals surface area contributed by atoms with E-state index in [2.05, 4.69) is 27.7 Å². The second-order valence-electron chi connectivity index (χ2n) is 9.21. The zero-order chi connectivity index (χ0) is 31.8. The van der Waals surface area contributed by atoms with Crippen LogP contribution >= 0.6 is 0 Å². The van der Waals surface area contributed by atoms with Crippen molar-refractivity contribution < 1.29 is 28.6 Å². The number of hydrogen-bond donors (Lipinski definition) is 1. The lowest BCUT2D eigenvalue weighted by molar-refractivity contribution is -0.134. The van der Waals surface area contributed by atoms with E-state index in [9.17, 15) is 14.0 Å². The van der Waals surface area contributed by atoms with E-state index >= 15 is 0 Å². The lowest BCUT2D eigenvalue weighted by Crippen LogP contribution is -2.49. The number of aliphatic hydroxyl groups excluding tert-OH is 1. The fraction of sp³-hybridized carbons (Fsp3) is 0.750. The number of carbonyl (C=O) groups is 2. The number of cyclic esters (lactones) is 1. The van der Waals surface area contributed by atoms with Gasteiger partial charge in [0, 0.05) is 32.8 Å². The van der Waals surface area contributed by atoms with Crippen molar-refractivity contribution in [1.82, 2.24) is 4.90 Å². The molecule has 8 nitrogen and oxygen atoms in total. The summed E-state index contributed by atoms with van der Waals surface area (Å²) in [6.07, 6.45) is 5.76. The third kappa shape index (κ3) is 15.4. The Hall–Kier alpha value is -2.39. The molecule has 2 aliphatic heterocycles. The number of carbonyl (C=O) groups excluding carboxylic acids is 2. The Bertz CT molecular complexity index is 802. The van der Waals surface area contributed by atoms with Crippen LogP contribution in [0.2, 0.25) is 0 Å². The van der Waals surface area contributed by atoms with E-state index in [1.165, 1.54) is 30.2 Å². The summed E-state index contributed by atoms with van der Waals surface area (Å²) in [5.41, 5.74) is 0.927. The Kier molecular flexibility index (Phi) is 25.2. The summed E-state index contributed by atoms with van der Waals surface area (Å²) in [5.74, 6) is -0.722. The SMILES string of the molecule is CC.CC.CCCCC.CCO[C@H](C)CC.CC[C@H]1CN(c2ccc(N3CCN(C(=O)CO)CC3)c(F)c2)C(=O)O1. The van der Waals surface area contributed by atoms with Crippen molar-refractivity contribution in [2.45, 2.75) is 114 Å². The quantitative estimate of drug-likeness (QED) is 0.328. The number of benzene rings is 1. The third-order valence-electron chi connectivity index (χ3n) is 6.41. The van der Waals surface area contributed by atoms with Crippen LogP contribution in [0, 0.1) is 5.82 Å². The molecule has 3 rings (SSSR count). The molecule has 0 spiro atoms. The number of halogens is 1. The molecule has 0 radical (unpaired) electrons. The highest BCUT2D eigenvalue weighted by atomic mass is 19.1. The number of rotatable bonds is 9. The summed E-state index contributed by atoms with van der Waals surface area (Å²) in [6.45, 7) is 23.2. The predicted molar refractivity (Wildman–Crippen MR) is 169 cm³/mol. The fourth-order valence-electron chi connectivity index (χ4n) is 3.92. The molecule has 41 heavy (non-hydrogen) atoms. The molecule has 2 aliphatic rings. The maximum atomic E-state index is 14.6. The van der Waals surface area contributed by atoms with E-state index in [1.807, 2.05) is 46.4 Å². The number of nitrogens with zero attached hydrogens (tertiary/aromatic N) is 3. The van der Waals surface area contributed by atoms with Crippen molar-refractivity contribution in [3.8, 4) is 0 Å². The number of anilines is 2. The minimum Gasteiger partial charge on any atom is -0.444 e. The van der Waals surface area contributed by atoms with Crippen LogP contribution in [0.3, 0.4) is 0 Å². The van der Waals surface area contributed by atoms with Gasteiger partial charge < -0.3 is 24.4 Å². The first-order valence-electron chi connectivity index (χ1n) is 15.8. The van der Waals surface area contributed by atoms with Gasteiger partial charge in [0.05, 0.1) is 24.0 Å². The van der Waals surface area contributed by atoms with E-state index in [4.69, 9.17) is 14.6 Å². The van der Waals surface area contributed by atoms with E-state index in [-0.39, 0.29) is 12.0 Å². The Morgan fingerprint density at radius 3 is 2.00 bits per heavy atom. The first-order chi connectivity index (χ1) is 19.8. The topological polar surface area (TPSA) is 82.5 Å². The van der Waals surface area contributed by atoms with Gasteiger partial charge in [0.2, 0.25) is 5.91 Å². The van der Waals surface area contributed by atoms with Crippen LogP contribution in [0.15, 0.2) is 18.2 Å². The molecular weight excluding hydrogens is 525 g/mol. The summed E-state index contributed by atoms with van der Waals surface area (Å²) in [7, 11) is 0. The van der Waals surface area contributed by atoms with Gasteiger partial charge >= 0.3 is 6.09 Å². The zero-order valence-electron chi connectivity index (χ0n) is 27.7. The van der Waals surface area contributed by atoms with Crippen molar-refractivity contribution in [2.24, 2.45) is 0 Å². The molecule has 9 heteroatoms. The zero-order valence-corrected chi connectivity index (χ0v) is 27.7. The Labute approximate surface area is 250 Å². The summed E-state index contributed by atoms with van der Waals surface area (Å²) in [6, 6.07) is 4.71. The van der Waals surface area contributed by atoms with E-state index in [1.54, 1.807) is 17.0 Å². The van der Waals surface area contributed by atoms with Crippen LogP contribution < -0.4 is 9.80 Å². The van der Waals surface area contributed by atoms with Crippen LogP contribution in [0.5, 0.6) is 0 Å². The van der Waals surface area contributed by atoms with Gasteiger partial charge in [-0.25, -0.2) is 9.18 Å². The first kappa shape index (κ1) is 40.7. The smallest absolute Gasteiger partial charge is 0.414 e. The van der Waals surface area contributed by atoms with E-state index < -0.39 is 18.5 Å². The second kappa shape index (κ2) is 25.3. The van der Waals surface area contributed by atoms with Gasteiger partial charge in [0.25, 0.3) is 0 Å². The third-order valence-corrected chi connectivity index (χ3v) is 6.41. The highest BCUT2D eigenvalue weighted by Gasteiger charge is 2.32. The molecular formula is C32H60FN3O5. The fourth-order valence-corrected chi connectivity index (χ4v) is 3.92. The largest absolute Gasteiger partial charge is 0.444 e. The Morgan fingerprint density at radius 2 is 1.63 bits per heavy atom. The van der Waals surface area contributed by atoms with Gasteiger partial charge in [0.1, 0.15) is 18.5 Å². The molecule has 2 amide bonds. The molecule has 2 fully saturated rings. The minimum absolute atomic E-state index is 0.160. The number of unbranched alkanes of at least 4 members (excludes halogenated alkanes) is 2. The molecule has 0 aromatic heterocycles. The predicted octanol–water partition coefficient (Wildman–Crippen LogP) is 7.27. The molecule has 1 N–H and O–H groups in total. The maximum absolute atomic E-state index is 14.6. The van der Waals surface area contributed by atoms with Crippen LogP contribution in [-0.4, -0.2) is 80.2 Å². The van der Waals surface area contributed by atoms with Gasteiger partial charge in [-0.15, -0.1) is 0 Å². The molecule has 0 bridgehead atoms. The van der Waals surface area contributed by atoms with Crippen molar-refractivity contribution in [2.75, 3.05) is 55.7 Å². The molecule has 0 saturated carbocycles. The van der Waals surface area contributed by atoms with E-state index in [0.29, 0.717) is 50.2 Å². The first-order valence-corrected chi connectivity index (χ1v) is 15.8. The molecule has 240 valence electrons. The van der Waals surface area contributed by atoms with E-state index in [0.717, 1.165) is 19.4 Å². The number of ether oxygens (including phenoxy) is 2. The van der Waals surface area contributed by atoms with Crippen molar-refractivity contribution in [1.29, 1.82) is 0 Å². The highest BCUT2D eigenvalue weighted by Crippen LogP contribution is 2.29. The summed E-state index contributed by atoms with van der Waals surface area (Å²) in [5, 5.41) is 8.90. The molecule has 2 atom stereocenters. The van der Waals surface area contributed by atoms with Gasteiger partial charge in [0.15, 0.2) is 0 Å². The van der Waals surface area contributed by atoms with Crippen LogP contribution in [0.25, 0.3) is 0 Å². The lowest BCUT2D eigenvalue weighted by Gasteiger charge is -2.36. The Balaban J connectivity index is 0. The monoisotopic (exact) mass is 585 g/mol. The molecule has 2 heterocycles. The summed E-state index contributed by atoms with van der Waals surface area (Å²) < 4.78 is 25.0. The molecule has 2 saturated heterocycles. The van der Waals surface area contributed by atoms with Crippen molar-refractivity contribution in [3.63, 3.8) is 0 Å². The van der Waals surface area contributed by atoms with Gasteiger partial charge in [-0.3, -0.25) is 9.69 Å². The average Bonchev–Trinajstić information content (AvgIpc) is 3.40. The highest BCUT2D eigenvalue weighted by molar-refractivity contribution is 5.90.